The molecular weight excluding hydrogens is 676 g/mol. The number of thiazole rings is 1. The number of aromatic nitrogens is 3. The molecule has 2 saturated heterocycles. The predicted molar refractivity (Wildman–Crippen MR) is 176 cm³/mol. The number of methoxy groups -OCH3 is 1. The van der Waals surface area contributed by atoms with E-state index in [2.05, 4.69) is 30.1 Å². The van der Waals surface area contributed by atoms with Crippen LogP contribution in [0.2, 0.25) is 5.02 Å². The fourth-order valence-electron chi connectivity index (χ4n) is 6.10. The summed E-state index contributed by atoms with van der Waals surface area (Å²) < 4.78 is 67.7. The predicted octanol–water partition coefficient (Wildman–Crippen LogP) is 5.51. The van der Waals surface area contributed by atoms with Gasteiger partial charge >= 0.3 is 12.1 Å². The second-order valence-corrected chi connectivity index (χ2v) is 13.3. The lowest BCUT2D eigenvalue weighted by atomic mass is 10.1. The lowest BCUT2D eigenvalue weighted by Gasteiger charge is -2.41. The number of esters is 1. The van der Waals surface area contributed by atoms with E-state index in [0.717, 1.165) is 25.0 Å². The largest absolute Gasteiger partial charge is 0.466 e. The minimum atomic E-state index is -4.61. The van der Waals surface area contributed by atoms with Gasteiger partial charge < -0.3 is 25.4 Å². The van der Waals surface area contributed by atoms with Crippen molar-refractivity contribution in [2.24, 2.45) is 5.73 Å². The monoisotopic (exact) mass is 714 g/mol. The van der Waals surface area contributed by atoms with Gasteiger partial charge in [0.25, 0.3) is 0 Å². The SMILES string of the molecule is CCOC(=O)CCN1CCN(c2ncnc(Nc3nc(-c4cc(Cl)cc(C(F)(F)F)c4)c(CN4[C@H](C)CC[C@H]4N)s3)c2F)C[C@H]1COC. The summed E-state index contributed by atoms with van der Waals surface area (Å²) in [6.07, 6.45) is -1.68. The molecule has 17 heteroatoms. The molecule has 262 valence electrons. The number of nitrogens with two attached hydrogens (primary N) is 1. The van der Waals surface area contributed by atoms with Gasteiger partial charge in [-0.25, -0.2) is 15.0 Å². The summed E-state index contributed by atoms with van der Waals surface area (Å²) in [6, 6.07) is 3.33. The lowest BCUT2D eigenvalue weighted by Crippen LogP contribution is -2.55. The highest BCUT2D eigenvalue weighted by molar-refractivity contribution is 7.16. The van der Waals surface area contributed by atoms with Gasteiger partial charge in [0.1, 0.15) is 6.33 Å². The Morgan fingerprint density at radius 2 is 2.00 bits per heavy atom. The Hall–Kier alpha value is -3.15. The standard InChI is InChI=1S/C31H39ClF4N8O3S/c1-4-47-25(45)7-8-42-9-10-43(14-22(42)16-46-3)29-26(33)28(38-17-39-29)41-30-40-27(19-11-20(31(34,35)36)13-21(32)12-19)23(48-30)15-44-18(2)5-6-24(44)37/h11-13,17-18,22,24H,4-10,14-16,37H2,1-3H3,(H,38,39,40,41)/t18-,22+,24+/m1/s1. The maximum atomic E-state index is 16.1. The van der Waals surface area contributed by atoms with Crippen LogP contribution in [-0.4, -0.2) is 95.5 Å². The molecule has 1 aromatic carbocycles. The molecule has 0 unspecified atom stereocenters. The smallest absolute Gasteiger partial charge is 0.416 e. The van der Waals surface area contributed by atoms with Gasteiger partial charge in [0.2, 0.25) is 5.82 Å². The van der Waals surface area contributed by atoms with Crippen molar-refractivity contribution in [3.8, 4) is 11.3 Å². The summed E-state index contributed by atoms with van der Waals surface area (Å²) in [5, 5.41) is 3.09. The van der Waals surface area contributed by atoms with Crippen LogP contribution < -0.4 is 16.0 Å². The number of likely N-dealkylation sites (tertiary alicyclic amines) is 1. The number of benzene rings is 1. The number of nitrogens with zero attached hydrogens (tertiary/aromatic N) is 6. The van der Waals surface area contributed by atoms with Crippen molar-refractivity contribution in [2.75, 3.05) is 56.7 Å². The van der Waals surface area contributed by atoms with Crippen LogP contribution in [0.4, 0.5) is 34.3 Å². The molecule has 48 heavy (non-hydrogen) atoms. The fourth-order valence-corrected chi connectivity index (χ4v) is 7.33. The molecule has 3 atom stereocenters. The van der Waals surface area contributed by atoms with Crippen LogP contribution in [0, 0.1) is 5.82 Å². The first-order chi connectivity index (χ1) is 22.9. The number of halogens is 5. The molecule has 2 fully saturated rings. The van der Waals surface area contributed by atoms with Crippen LogP contribution >= 0.6 is 22.9 Å². The number of piperazine rings is 1. The van der Waals surface area contributed by atoms with Crippen molar-refractivity contribution in [3.63, 3.8) is 0 Å². The van der Waals surface area contributed by atoms with E-state index < -0.39 is 17.6 Å². The molecule has 2 aliphatic heterocycles. The van der Waals surface area contributed by atoms with Crippen molar-refractivity contribution in [3.05, 3.63) is 45.8 Å². The zero-order valence-corrected chi connectivity index (χ0v) is 28.5. The van der Waals surface area contributed by atoms with Gasteiger partial charge in [0, 0.05) is 61.3 Å². The third kappa shape index (κ3) is 8.52. The topological polar surface area (TPSA) is 122 Å². The second-order valence-electron chi connectivity index (χ2n) is 11.8. The number of alkyl halides is 3. The minimum absolute atomic E-state index is 0.0807. The zero-order valence-electron chi connectivity index (χ0n) is 26.9. The first-order valence-electron chi connectivity index (χ1n) is 15.7. The lowest BCUT2D eigenvalue weighted by molar-refractivity contribution is -0.143. The quantitative estimate of drug-likeness (QED) is 0.182. The molecular formula is C31H39ClF4N8O3S. The van der Waals surface area contributed by atoms with Crippen LogP contribution in [0.15, 0.2) is 24.5 Å². The molecule has 2 aromatic heterocycles. The zero-order chi connectivity index (χ0) is 34.6. The van der Waals surface area contributed by atoms with Crippen LogP contribution in [0.5, 0.6) is 0 Å². The first-order valence-corrected chi connectivity index (χ1v) is 16.9. The van der Waals surface area contributed by atoms with Gasteiger partial charge in [-0.05, 0) is 44.9 Å². The molecule has 3 N–H and O–H groups in total. The van der Waals surface area contributed by atoms with Crippen molar-refractivity contribution in [1.82, 2.24) is 24.8 Å². The number of nitrogens with one attached hydrogen (secondary N) is 1. The molecule has 3 aromatic rings. The van der Waals surface area contributed by atoms with Crippen molar-refractivity contribution in [1.29, 1.82) is 0 Å². The Morgan fingerprint density at radius 3 is 2.69 bits per heavy atom. The van der Waals surface area contributed by atoms with E-state index in [1.54, 1.807) is 18.9 Å². The minimum Gasteiger partial charge on any atom is -0.466 e. The highest BCUT2D eigenvalue weighted by atomic mass is 35.5. The molecule has 2 aliphatic rings. The molecule has 11 nitrogen and oxygen atoms in total. The summed E-state index contributed by atoms with van der Waals surface area (Å²) in [6.45, 7) is 6.65. The number of hydrogen-bond donors (Lipinski definition) is 2. The number of ether oxygens (including phenoxy) is 2. The van der Waals surface area contributed by atoms with E-state index in [0.29, 0.717) is 50.8 Å². The van der Waals surface area contributed by atoms with Crippen molar-refractivity contribution in [2.45, 2.75) is 64.1 Å². The Morgan fingerprint density at radius 1 is 1.21 bits per heavy atom. The van der Waals surface area contributed by atoms with Gasteiger partial charge in [-0.3, -0.25) is 14.6 Å². The van der Waals surface area contributed by atoms with E-state index in [4.69, 9.17) is 26.8 Å². The van der Waals surface area contributed by atoms with Gasteiger partial charge in [-0.15, -0.1) is 0 Å². The fraction of sp³-hybridized carbons (Fsp3) is 0.548. The van der Waals surface area contributed by atoms with E-state index in [1.807, 2.05) is 6.92 Å². The summed E-state index contributed by atoms with van der Waals surface area (Å²) in [5.74, 6) is -1.04. The molecule has 5 rings (SSSR count). The van der Waals surface area contributed by atoms with Gasteiger partial charge in [-0.2, -0.15) is 17.6 Å². The first kappa shape index (κ1) is 36.1. The van der Waals surface area contributed by atoms with E-state index in [-0.39, 0.29) is 63.7 Å². The summed E-state index contributed by atoms with van der Waals surface area (Å²) in [4.78, 5) is 31.5. The number of carbonyl (C=O) groups excluding carboxylic acids is 1. The van der Waals surface area contributed by atoms with Crippen molar-refractivity contribution < 1.29 is 31.8 Å². The van der Waals surface area contributed by atoms with Crippen LogP contribution in [0.1, 0.15) is 43.6 Å². The Kier molecular flexibility index (Phi) is 11.7. The molecule has 0 spiro atoms. The molecule has 0 bridgehead atoms. The average Bonchev–Trinajstić information content (AvgIpc) is 3.59. The second kappa shape index (κ2) is 15.6. The average molecular weight is 715 g/mol. The summed E-state index contributed by atoms with van der Waals surface area (Å²) in [5.41, 5.74) is 5.92. The van der Waals surface area contributed by atoms with Gasteiger partial charge in [0.05, 0.1) is 43.1 Å². The van der Waals surface area contributed by atoms with E-state index in [9.17, 15) is 18.0 Å². The molecule has 0 amide bonds. The van der Waals surface area contributed by atoms with E-state index >= 15 is 4.39 Å². The Balaban J connectivity index is 1.41. The molecule has 0 aliphatic carbocycles. The maximum absolute atomic E-state index is 16.1. The highest BCUT2D eigenvalue weighted by Gasteiger charge is 2.34. The molecule has 0 radical (unpaired) electrons. The Labute approximate surface area is 285 Å². The van der Waals surface area contributed by atoms with Crippen LogP contribution in [-0.2, 0) is 27.0 Å². The van der Waals surface area contributed by atoms with Gasteiger partial charge in [0.15, 0.2) is 16.8 Å². The summed E-state index contributed by atoms with van der Waals surface area (Å²) in [7, 11) is 1.58. The number of carbonyl (C=O) groups is 1. The Bertz CT molecular complexity index is 1570. The van der Waals surface area contributed by atoms with Crippen LogP contribution in [0.25, 0.3) is 11.3 Å². The summed E-state index contributed by atoms with van der Waals surface area (Å²) >= 11 is 7.32. The third-order valence-electron chi connectivity index (χ3n) is 8.56. The number of hydrogen-bond acceptors (Lipinski definition) is 12. The number of rotatable bonds is 12. The van der Waals surface area contributed by atoms with Gasteiger partial charge in [-0.1, -0.05) is 22.9 Å². The van der Waals surface area contributed by atoms with Crippen LogP contribution in [0.3, 0.4) is 0 Å². The van der Waals surface area contributed by atoms with E-state index in [1.165, 1.54) is 23.7 Å². The molecule has 0 saturated carbocycles. The molecule has 4 heterocycles. The highest BCUT2D eigenvalue weighted by Crippen LogP contribution is 2.40. The number of anilines is 3. The maximum Gasteiger partial charge on any atom is 0.416 e. The van der Waals surface area contributed by atoms with Crippen molar-refractivity contribution >= 4 is 45.7 Å². The third-order valence-corrected chi connectivity index (χ3v) is 9.74. The normalized spacial score (nSPS) is 20.8.